The van der Waals surface area contributed by atoms with E-state index >= 15 is 0 Å². The fraction of sp³-hybridized carbons (Fsp3) is 0.174. The zero-order chi connectivity index (χ0) is 18.4. The van der Waals surface area contributed by atoms with Crippen molar-refractivity contribution in [1.82, 2.24) is 4.57 Å². The number of aliphatic hydroxyl groups is 1. The van der Waals surface area contributed by atoms with Crippen molar-refractivity contribution in [2.45, 2.75) is 19.1 Å². The smallest absolute Gasteiger partial charge is 0.231 e. The number of β-amino-alcohol motifs (C(OH)–C–C–N with tert-alkyl or cyclic N) is 1. The maximum atomic E-state index is 12.4. The predicted molar refractivity (Wildman–Crippen MR) is 108 cm³/mol. The van der Waals surface area contributed by atoms with E-state index in [-0.39, 0.29) is 5.91 Å². The number of para-hydroxylation sites is 3. The van der Waals surface area contributed by atoms with Crippen LogP contribution in [0, 0.1) is 0 Å². The van der Waals surface area contributed by atoms with Crippen LogP contribution in [0.1, 0.15) is 5.56 Å². The van der Waals surface area contributed by atoms with Gasteiger partial charge in [-0.05, 0) is 23.8 Å². The second kappa shape index (κ2) is 6.25. The summed E-state index contributed by atoms with van der Waals surface area (Å²) in [6, 6.07) is 24.3. The third-order valence-corrected chi connectivity index (χ3v) is 5.39. The van der Waals surface area contributed by atoms with Crippen LogP contribution in [0.15, 0.2) is 72.8 Å². The molecule has 2 heterocycles. The number of anilines is 1. The van der Waals surface area contributed by atoms with Crippen LogP contribution in [-0.2, 0) is 17.8 Å². The summed E-state index contributed by atoms with van der Waals surface area (Å²) in [7, 11) is 0. The topological polar surface area (TPSA) is 45.5 Å². The Labute approximate surface area is 157 Å². The van der Waals surface area contributed by atoms with E-state index in [4.69, 9.17) is 0 Å². The Morgan fingerprint density at radius 2 is 1.41 bits per heavy atom. The minimum atomic E-state index is -0.653. The second-order valence-corrected chi connectivity index (χ2v) is 7.11. The number of nitrogens with zero attached hydrogens (tertiary/aromatic N) is 2. The van der Waals surface area contributed by atoms with Crippen molar-refractivity contribution in [3.63, 3.8) is 0 Å². The average molecular weight is 356 g/mol. The molecule has 4 nitrogen and oxygen atoms in total. The van der Waals surface area contributed by atoms with Gasteiger partial charge in [0.15, 0.2) is 0 Å². The number of carbonyl (C=O) groups excluding carboxylic acids is 1. The van der Waals surface area contributed by atoms with Crippen LogP contribution in [0.5, 0.6) is 0 Å². The highest BCUT2D eigenvalue weighted by atomic mass is 16.3. The van der Waals surface area contributed by atoms with Gasteiger partial charge in [0.05, 0.1) is 25.6 Å². The Bertz CT molecular complexity index is 1110. The number of aromatic nitrogens is 1. The van der Waals surface area contributed by atoms with E-state index in [1.807, 2.05) is 48.5 Å². The summed E-state index contributed by atoms with van der Waals surface area (Å²) in [5.74, 6) is 0.0532. The van der Waals surface area contributed by atoms with Gasteiger partial charge < -0.3 is 14.6 Å². The van der Waals surface area contributed by atoms with Gasteiger partial charge in [0, 0.05) is 27.5 Å². The molecule has 0 aliphatic carbocycles. The predicted octanol–water partition coefficient (Wildman–Crippen LogP) is 3.74. The van der Waals surface area contributed by atoms with Crippen LogP contribution in [0.3, 0.4) is 0 Å². The molecule has 1 unspecified atom stereocenters. The molecule has 1 aliphatic rings. The fourth-order valence-electron chi connectivity index (χ4n) is 4.20. The molecule has 1 atom stereocenters. The highest BCUT2D eigenvalue weighted by molar-refractivity contribution is 6.08. The molecule has 1 N–H and O–H groups in total. The molecule has 5 rings (SSSR count). The quantitative estimate of drug-likeness (QED) is 0.605. The standard InChI is InChI=1S/C23H20N2O2/c26-17(15-25-20-10-4-1-7-16(20)13-23(25)27)14-24-21-11-5-2-8-18(21)19-9-3-6-12-22(19)24/h1-12,17,26H,13-15H2. The van der Waals surface area contributed by atoms with Gasteiger partial charge in [-0.25, -0.2) is 0 Å². The minimum absolute atomic E-state index is 0.0532. The normalized spacial score (nSPS) is 14.9. The summed E-state index contributed by atoms with van der Waals surface area (Å²) in [5.41, 5.74) is 4.16. The largest absolute Gasteiger partial charge is 0.389 e. The van der Waals surface area contributed by atoms with E-state index in [2.05, 4.69) is 28.8 Å². The molecule has 0 bridgehead atoms. The van der Waals surface area contributed by atoms with Crippen molar-refractivity contribution in [3.05, 3.63) is 78.4 Å². The number of carbonyl (C=O) groups is 1. The lowest BCUT2D eigenvalue weighted by Crippen LogP contribution is -2.36. The Morgan fingerprint density at radius 3 is 2.11 bits per heavy atom. The van der Waals surface area contributed by atoms with E-state index in [9.17, 15) is 9.90 Å². The first-order chi connectivity index (χ1) is 13.2. The molecule has 0 saturated heterocycles. The SMILES string of the molecule is O=C1Cc2ccccc2N1CC(O)Cn1c2ccccc2c2ccccc21. The molecule has 0 fully saturated rings. The summed E-state index contributed by atoms with van der Waals surface area (Å²) in [6.45, 7) is 0.747. The van der Waals surface area contributed by atoms with Gasteiger partial charge in [-0.2, -0.15) is 0 Å². The first kappa shape index (κ1) is 16.1. The third-order valence-electron chi connectivity index (χ3n) is 5.39. The van der Waals surface area contributed by atoms with Crippen molar-refractivity contribution in [2.75, 3.05) is 11.4 Å². The van der Waals surface area contributed by atoms with Crippen molar-refractivity contribution in [2.24, 2.45) is 0 Å². The molecule has 0 saturated carbocycles. The van der Waals surface area contributed by atoms with E-state index in [0.29, 0.717) is 19.5 Å². The summed E-state index contributed by atoms with van der Waals surface area (Å²) in [6.07, 6.45) is -0.238. The van der Waals surface area contributed by atoms with Crippen molar-refractivity contribution < 1.29 is 9.90 Å². The van der Waals surface area contributed by atoms with Gasteiger partial charge in [0.2, 0.25) is 5.91 Å². The number of amides is 1. The monoisotopic (exact) mass is 356 g/mol. The molecular formula is C23H20N2O2. The zero-order valence-corrected chi connectivity index (χ0v) is 14.9. The van der Waals surface area contributed by atoms with Crippen molar-refractivity contribution >= 4 is 33.4 Å². The lowest BCUT2D eigenvalue weighted by molar-refractivity contribution is -0.117. The van der Waals surface area contributed by atoms with Crippen LogP contribution >= 0.6 is 0 Å². The Balaban J connectivity index is 1.48. The maximum Gasteiger partial charge on any atom is 0.231 e. The van der Waals surface area contributed by atoms with Gasteiger partial charge in [0.25, 0.3) is 0 Å². The van der Waals surface area contributed by atoms with Gasteiger partial charge >= 0.3 is 0 Å². The highest BCUT2D eigenvalue weighted by Crippen LogP contribution is 2.31. The molecule has 3 aromatic carbocycles. The van der Waals surface area contributed by atoms with Crippen LogP contribution in [0.25, 0.3) is 21.8 Å². The number of fused-ring (bicyclic) bond motifs is 4. The van der Waals surface area contributed by atoms with Gasteiger partial charge in [-0.3, -0.25) is 4.79 Å². The molecule has 27 heavy (non-hydrogen) atoms. The highest BCUT2D eigenvalue weighted by Gasteiger charge is 2.28. The van der Waals surface area contributed by atoms with Crippen LogP contribution in [0.2, 0.25) is 0 Å². The summed E-state index contributed by atoms with van der Waals surface area (Å²) in [5, 5.41) is 13.2. The summed E-state index contributed by atoms with van der Waals surface area (Å²) in [4.78, 5) is 14.1. The van der Waals surface area contributed by atoms with Gasteiger partial charge in [-0.1, -0.05) is 54.6 Å². The molecular weight excluding hydrogens is 336 g/mol. The zero-order valence-electron chi connectivity index (χ0n) is 14.9. The Kier molecular flexibility index (Phi) is 3.73. The summed E-state index contributed by atoms with van der Waals surface area (Å²) < 4.78 is 2.15. The van der Waals surface area contributed by atoms with E-state index in [1.54, 1.807) is 4.90 Å². The molecule has 4 aromatic rings. The number of aliphatic hydroxyl groups excluding tert-OH is 1. The third kappa shape index (κ3) is 2.61. The van der Waals surface area contributed by atoms with E-state index in [0.717, 1.165) is 22.3 Å². The first-order valence-corrected chi connectivity index (χ1v) is 9.24. The second-order valence-electron chi connectivity index (χ2n) is 7.11. The van der Waals surface area contributed by atoms with Gasteiger partial charge in [-0.15, -0.1) is 0 Å². The molecule has 1 amide bonds. The number of benzene rings is 3. The molecule has 1 aromatic heterocycles. The van der Waals surface area contributed by atoms with Crippen LogP contribution in [0.4, 0.5) is 5.69 Å². The van der Waals surface area contributed by atoms with E-state index in [1.165, 1.54) is 10.8 Å². The summed E-state index contributed by atoms with van der Waals surface area (Å²) >= 11 is 0. The van der Waals surface area contributed by atoms with Crippen LogP contribution in [-0.4, -0.2) is 28.2 Å². The minimum Gasteiger partial charge on any atom is -0.389 e. The number of hydrogen-bond acceptors (Lipinski definition) is 2. The number of hydrogen-bond donors (Lipinski definition) is 1. The Hall–Kier alpha value is -3.11. The lowest BCUT2D eigenvalue weighted by atomic mass is 10.2. The average Bonchev–Trinajstić information content (AvgIpc) is 3.18. The van der Waals surface area contributed by atoms with Crippen molar-refractivity contribution in [3.8, 4) is 0 Å². The van der Waals surface area contributed by atoms with E-state index < -0.39 is 6.10 Å². The lowest BCUT2D eigenvalue weighted by Gasteiger charge is -2.22. The fourth-order valence-corrected chi connectivity index (χ4v) is 4.20. The Morgan fingerprint density at radius 1 is 0.815 bits per heavy atom. The first-order valence-electron chi connectivity index (χ1n) is 9.24. The molecule has 4 heteroatoms. The van der Waals surface area contributed by atoms with Gasteiger partial charge in [0.1, 0.15) is 0 Å². The molecule has 1 aliphatic heterocycles. The van der Waals surface area contributed by atoms with Crippen LogP contribution < -0.4 is 4.90 Å². The maximum absolute atomic E-state index is 12.4. The molecule has 0 radical (unpaired) electrons. The molecule has 134 valence electrons. The van der Waals surface area contributed by atoms with Crippen molar-refractivity contribution in [1.29, 1.82) is 0 Å². The number of rotatable bonds is 4. The molecule has 0 spiro atoms.